The number of thiocarbonyl (C=S) groups is 1. The molecule has 1 aromatic carbocycles. The number of Topliss-reactive ketones (excluding diaryl/α,β-unsaturated/α-hetero) is 1. The average molecular weight is 179 g/mol. The zero-order chi connectivity index (χ0) is 8.97. The van der Waals surface area contributed by atoms with Crippen molar-refractivity contribution in [2.75, 3.05) is 0 Å². The predicted molar refractivity (Wildman–Crippen MR) is 51.9 cm³/mol. The standard InChI is InChI=1S/C9H9NOS/c10-9(12)8(11)6-7-4-2-1-3-5-7/h1-5H,6H2,(H2,10,12). The number of carbonyl (C=O) groups excluding carboxylic acids is 1. The van der Waals surface area contributed by atoms with Crippen molar-refractivity contribution in [2.45, 2.75) is 6.42 Å². The molecule has 3 heteroatoms. The van der Waals surface area contributed by atoms with E-state index < -0.39 is 0 Å². The Labute approximate surface area is 76.4 Å². The van der Waals surface area contributed by atoms with Gasteiger partial charge in [-0.05, 0) is 5.56 Å². The Kier molecular flexibility index (Phi) is 2.94. The average Bonchev–Trinajstić information content (AvgIpc) is 2.06. The molecule has 1 rings (SSSR count). The fraction of sp³-hybridized carbons (Fsp3) is 0.111. The minimum atomic E-state index is -0.184. The van der Waals surface area contributed by atoms with Crippen molar-refractivity contribution in [1.82, 2.24) is 0 Å². The van der Waals surface area contributed by atoms with Crippen molar-refractivity contribution in [3.8, 4) is 0 Å². The van der Waals surface area contributed by atoms with Gasteiger partial charge in [0.05, 0.1) is 0 Å². The lowest BCUT2D eigenvalue weighted by Gasteiger charge is -1.97. The first-order chi connectivity index (χ1) is 5.70. The van der Waals surface area contributed by atoms with E-state index in [1.54, 1.807) is 0 Å². The maximum atomic E-state index is 11.0. The van der Waals surface area contributed by atoms with E-state index in [0.717, 1.165) is 5.56 Å². The van der Waals surface area contributed by atoms with Crippen LogP contribution in [0.25, 0.3) is 0 Å². The molecule has 12 heavy (non-hydrogen) atoms. The Morgan fingerprint density at radius 1 is 1.33 bits per heavy atom. The van der Waals surface area contributed by atoms with Crippen LogP contribution in [0.15, 0.2) is 30.3 Å². The van der Waals surface area contributed by atoms with Gasteiger partial charge in [-0.25, -0.2) is 0 Å². The minimum Gasteiger partial charge on any atom is -0.387 e. The van der Waals surface area contributed by atoms with E-state index in [2.05, 4.69) is 12.2 Å². The predicted octanol–water partition coefficient (Wildman–Crippen LogP) is 1.08. The second kappa shape index (κ2) is 3.97. The topological polar surface area (TPSA) is 43.1 Å². The van der Waals surface area contributed by atoms with Crippen LogP contribution in [-0.4, -0.2) is 10.8 Å². The largest absolute Gasteiger partial charge is 0.387 e. The highest BCUT2D eigenvalue weighted by Crippen LogP contribution is 1.99. The smallest absolute Gasteiger partial charge is 0.193 e. The van der Waals surface area contributed by atoms with Crippen LogP contribution < -0.4 is 5.73 Å². The number of nitrogens with two attached hydrogens (primary N) is 1. The quantitative estimate of drug-likeness (QED) is 0.706. The molecule has 0 saturated carbocycles. The summed E-state index contributed by atoms with van der Waals surface area (Å²) in [5, 5.41) is 0. The van der Waals surface area contributed by atoms with Gasteiger partial charge in [-0.1, -0.05) is 42.5 Å². The molecule has 0 amide bonds. The summed E-state index contributed by atoms with van der Waals surface area (Å²) in [5.41, 5.74) is 6.11. The highest BCUT2D eigenvalue weighted by atomic mass is 32.1. The molecule has 1 aromatic rings. The first kappa shape index (κ1) is 8.87. The van der Waals surface area contributed by atoms with Gasteiger partial charge in [0, 0.05) is 6.42 Å². The number of ketones is 1. The molecule has 0 aliphatic carbocycles. The van der Waals surface area contributed by atoms with Crippen LogP contribution >= 0.6 is 12.2 Å². The molecule has 0 radical (unpaired) electrons. The second-order valence-electron chi connectivity index (χ2n) is 2.45. The monoisotopic (exact) mass is 179 g/mol. The summed E-state index contributed by atoms with van der Waals surface area (Å²) in [6.07, 6.45) is 0.302. The Bertz CT molecular complexity index is 295. The first-order valence-corrected chi connectivity index (χ1v) is 3.97. The van der Waals surface area contributed by atoms with Gasteiger partial charge >= 0.3 is 0 Å². The van der Waals surface area contributed by atoms with Crippen LogP contribution in [0.2, 0.25) is 0 Å². The highest BCUT2D eigenvalue weighted by molar-refractivity contribution is 7.82. The van der Waals surface area contributed by atoms with Crippen LogP contribution in [0.1, 0.15) is 5.56 Å². The summed E-state index contributed by atoms with van der Waals surface area (Å²) in [4.78, 5) is 11.0. The third-order valence-corrected chi connectivity index (χ3v) is 1.71. The van der Waals surface area contributed by atoms with Gasteiger partial charge in [-0.3, -0.25) is 4.79 Å². The van der Waals surface area contributed by atoms with Gasteiger partial charge in [-0.15, -0.1) is 0 Å². The molecule has 2 N–H and O–H groups in total. The molecular formula is C9H9NOS. The van der Waals surface area contributed by atoms with E-state index >= 15 is 0 Å². The van der Waals surface area contributed by atoms with Crippen LogP contribution in [0.3, 0.4) is 0 Å². The molecule has 0 fully saturated rings. The summed E-state index contributed by atoms with van der Waals surface area (Å²) in [7, 11) is 0. The molecule has 0 aliphatic heterocycles. The zero-order valence-electron chi connectivity index (χ0n) is 6.49. The van der Waals surface area contributed by atoms with Crippen molar-refractivity contribution in [3.05, 3.63) is 35.9 Å². The minimum absolute atomic E-state index is 0.0427. The van der Waals surface area contributed by atoms with Gasteiger partial charge < -0.3 is 5.73 Å². The van der Waals surface area contributed by atoms with Crippen molar-refractivity contribution in [1.29, 1.82) is 0 Å². The molecule has 0 unspecified atom stereocenters. The summed E-state index contributed by atoms with van der Waals surface area (Å²) in [6, 6.07) is 9.39. The Morgan fingerprint density at radius 2 is 1.92 bits per heavy atom. The van der Waals surface area contributed by atoms with E-state index in [1.165, 1.54) is 0 Å². The molecule has 0 heterocycles. The van der Waals surface area contributed by atoms with Crippen molar-refractivity contribution in [3.63, 3.8) is 0 Å². The number of hydrogen-bond donors (Lipinski definition) is 1. The molecule has 2 nitrogen and oxygen atoms in total. The van der Waals surface area contributed by atoms with Crippen molar-refractivity contribution in [2.24, 2.45) is 5.73 Å². The molecule has 0 spiro atoms. The molecule has 0 saturated heterocycles. The molecule has 0 aliphatic rings. The van der Waals surface area contributed by atoms with E-state index in [9.17, 15) is 4.79 Å². The van der Waals surface area contributed by atoms with Gasteiger partial charge in [0.2, 0.25) is 0 Å². The molecule has 0 atom stereocenters. The van der Waals surface area contributed by atoms with Gasteiger partial charge in [0.1, 0.15) is 4.99 Å². The van der Waals surface area contributed by atoms with Gasteiger partial charge in [-0.2, -0.15) is 0 Å². The van der Waals surface area contributed by atoms with E-state index in [-0.39, 0.29) is 10.8 Å². The molecule has 0 aromatic heterocycles. The Balaban J connectivity index is 2.65. The maximum Gasteiger partial charge on any atom is 0.193 e. The van der Waals surface area contributed by atoms with E-state index in [0.29, 0.717) is 6.42 Å². The van der Waals surface area contributed by atoms with Crippen molar-refractivity contribution < 1.29 is 4.79 Å². The summed E-state index contributed by atoms with van der Waals surface area (Å²) in [6.45, 7) is 0. The Morgan fingerprint density at radius 3 is 2.42 bits per heavy atom. The lowest BCUT2D eigenvalue weighted by atomic mass is 10.1. The van der Waals surface area contributed by atoms with E-state index in [1.807, 2.05) is 30.3 Å². The summed E-state index contributed by atoms with van der Waals surface area (Å²) in [5.74, 6) is -0.184. The fourth-order valence-corrected chi connectivity index (χ4v) is 0.941. The third kappa shape index (κ3) is 2.43. The maximum absolute atomic E-state index is 11.0. The molecule has 62 valence electrons. The first-order valence-electron chi connectivity index (χ1n) is 3.56. The number of benzene rings is 1. The van der Waals surface area contributed by atoms with Gasteiger partial charge in [0.15, 0.2) is 5.78 Å². The number of hydrogen-bond acceptors (Lipinski definition) is 2. The van der Waals surface area contributed by atoms with Crippen LogP contribution in [-0.2, 0) is 11.2 Å². The third-order valence-electron chi connectivity index (χ3n) is 1.48. The zero-order valence-corrected chi connectivity index (χ0v) is 7.30. The number of carbonyl (C=O) groups is 1. The van der Waals surface area contributed by atoms with Crippen LogP contribution in [0, 0.1) is 0 Å². The summed E-state index contributed by atoms with van der Waals surface area (Å²) < 4.78 is 0. The second-order valence-corrected chi connectivity index (χ2v) is 2.89. The Hall–Kier alpha value is -1.22. The van der Waals surface area contributed by atoms with Crippen LogP contribution in [0.5, 0.6) is 0 Å². The lowest BCUT2D eigenvalue weighted by molar-refractivity contribution is -0.112. The SMILES string of the molecule is NC(=S)C(=O)Cc1ccccc1. The highest BCUT2D eigenvalue weighted by Gasteiger charge is 2.04. The van der Waals surface area contributed by atoms with E-state index in [4.69, 9.17) is 5.73 Å². The van der Waals surface area contributed by atoms with Crippen LogP contribution in [0.4, 0.5) is 0 Å². The fourth-order valence-electron chi connectivity index (χ4n) is 0.868. The van der Waals surface area contributed by atoms with Crippen molar-refractivity contribution >= 4 is 23.0 Å². The number of rotatable bonds is 3. The molecule has 0 bridgehead atoms. The van der Waals surface area contributed by atoms with Gasteiger partial charge in [0.25, 0.3) is 0 Å². The molecular weight excluding hydrogens is 170 g/mol. The lowest BCUT2D eigenvalue weighted by Crippen LogP contribution is -2.22. The summed E-state index contributed by atoms with van der Waals surface area (Å²) >= 11 is 4.55. The normalized spacial score (nSPS) is 9.33.